The van der Waals surface area contributed by atoms with Crippen LogP contribution in [0.1, 0.15) is 22.8 Å². The fourth-order valence-corrected chi connectivity index (χ4v) is 2.75. The lowest BCUT2D eigenvalue weighted by Gasteiger charge is -2.19. The smallest absolute Gasteiger partial charge is 0.257 e. The Morgan fingerprint density at radius 3 is 2.21 bits per heavy atom. The van der Waals surface area contributed by atoms with E-state index in [1.165, 1.54) is 12.5 Å². The summed E-state index contributed by atoms with van der Waals surface area (Å²) in [6.07, 6.45) is 3.28. The summed E-state index contributed by atoms with van der Waals surface area (Å²) >= 11 is 0. The van der Waals surface area contributed by atoms with Crippen LogP contribution in [0.2, 0.25) is 0 Å². The molecule has 6 heteroatoms. The van der Waals surface area contributed by atoms with Crippen molar-refractivity contribution in [3.63, 3.8) is 0 Å². The topological polar surface area (TPSA) is 74.3 Å². The van der Waals surface area contributed by atoms with Gasteiger partial charge in [-0.1, -0.05) is 30.3 Å². The SMILES string of the molecule is CC(=O)Nc1ccc(NC(=O)c2cncc(N(C)Cc3ccccc3)c2)cc1. The highest BCUT2D eigenvalue weighted by Gasteiger charge is 2.10. The van der Waals surface area contributed by atoms with Crippen molar-refractivity contribution in [2.45, 2.75) is 13.5 Å². The Hall–Kier alpha value is -3.67. The van der Waals surface area contributed by atoms with E-state index in [4.69, 9.17) is 0 Å². The van der Waals surface area contributed by atoms with Crippen molar-refractivity contribution >= 4 is 28.9 Å². The highest BCUT2D eigenvalue weighted by atomic mass is 16.2. The molecule has 2 aromatic carbocycles. The Labute approximate surface area is 164 Å². The van der Waals surface area contributed by atoms with Crippen LogP contribution in [0.25, 0.3) is 0 Å². The first-order valence-corrected chi connectivity index (χ1v) is 8.90. The predicted molar refractivity (Wildman–Crippen MR) is 111 cm³/mol. The van der Waals surface area contributed by atoms with Gasteiger partial charge < -0.3 is 15.5 Å². The molecule has 0 aliphatic heterocycles. The lowest BCUT2D eigenvalue weighted by atomic mass is 10.2. The molecule has 142 valence electrons. The first-order valence-electron chi connectivity index (χ1n) is 8.90. The van der Waals surface area contributed by atoms with Gasteiger partial charge in [-0.05, 0) is 35.9 Å². The van der Waals surface area contributed by atoms with Crippen LogP contribution in [0.15, 0.2) is 73.1 Å². The van der Waals surface area contributed by atoms with Crippen molar-refractivity contribution in [2.24, 2.45) is 0 Å². The molecule has 0 saturated carbocycles. The van der Waals surface area contributed by atoms with Crippen LogP contribution in [-0.4, -0.2) is 23.8 Å². The first kappa shape index (κ1) is 19.1. The Kier molecular flexibility index (Phi) is 6.01. The zero-order valence-corrected chi connectivity index (χ0v) is 15.8. The largest absolute Gasteiger partial charge is 0.369 e. The minimum Gasteiger partial charge on any atom is -0.369 e. The molecule has 28 heavy (non-hydrogen) atoms. The van der Waals surface area contributed by atoms with Crippen LogP contribution in [0.4, 0.5) is 17.1 Å². The number of rotatable bonds is 6. The fraction of sp³-hybridized carbons (Fsp3) is 0.136. The monoisotopic (exact) mass is 374 g/mol. The Balaban J connectivity index is 1.67. The van der Waals surface area contributed by atoms with Gasteiger partial charge in [0, 0.05) is 38.1 Å². The van der Waals surface area contributed by atoms with Gasteiger partial charge in [-0.2, -0.15) is 0 Å². The van der Waals surface area contributed by atoms with Gasteiger partial charge in [-0.15, -0.1) is 0 Å². The van der Waals surface area contributed by atoms with Crippen LogP contribution in [0, 0.1) is 0 Å². The van der Waals surface area contributed by atoms with Gasteiger partial charge in [0.05, 0.1) is 17.4 Å². The molecule has 0 spiro atoms. The second-order valence-corrected chi connectivity index (χ2v) is 6.49. The van der Waals surface area contributed by atoms with Gasteiger partial charge in [-0.3, -0.25) is 14.6 Å². The fourth-order valence-electron chi connectivity index (χ4n) is 2.75. The van der Waals surface area contributed by atoms with Crippen LogP contribution in [0.5, 0.6) is 0 Å². The second kappa shape index (κ2) is 8.81. The number of pyridine rings is 1. The maximum Gasteiger partial charge on any atom is 0.257 e. The standard InChI is InChI=1S/C22H22N4O2/c1-16(27)24-19-8-10-20(11-9-19)25-22(28)18-12-21(14-23-13-18)26(2)15-17-6-4-3-5-7-17/h3-14H,15H2,1-2H3,(H,24,27)(H,25,28). The third-order valence-electron chi connectivity index (χ3n) is 4.15. The third kappa shape index (κ3) is 5.17. The molecule has 2 N–H and O–H groups in total. The molecule has 3 rings (SSSR count). The Morgan fingerprint density at radius 1 is 0.929 bits per heavy atom. The van der Waals surface area contributed by atoms with E-state index in [0.29, 0.717) is 16.9 Å². The Morgan fingerprint density at radius 2 is 1.57 bits per heavy atom. The summed E-state index contributed by atoms with van der Waals surface area (Å²) in [7, 11) is 1.96. The number of carbonyl (C=O) groups excluding carboxylic acids is 2. The third-order valence-corrected chi connectivity index (χ3v) is 4.15. The lowest BCUT2D eigenvalue weighted by molar-refractivity contribution is -0.114. The molecule has 1 heterocycles. The zero-order valence-electron chi connectivity index (χ0n) is 15.8. The van der Waals surface area contributed by atoms with E-state index in [0.717, 1.165) is 12.2 Å². The van der Waals surface area contributed by atoms with Crippen molar-refractivity contribution in [1.82, 2.24) is 4.98 Å². The normalized spacial score (nSPS) is 10.2. The van der Waals surface area contributed by atoms with Crippen LogP contribution in [-0.2, 0) is 11.3 Å². The van der Waals surface area contributed by atoms with Crippen LogP contribution < -0.4 is 15.5 Å². The van der Waals surface area contributed by atoms with E-state index in [9.17, 15) is 9.59 Å². The van der Waals surface area contributed by atoms with E-state index < -0.39 is 0 Å². The number of benzene rings is 2. The maximum atomic E-state index is 12.6. The van der Waals surface area contributed by atoms with Gasteiger partial charge in [0.25, 0.3) is 5.91 Å². The van der Waals surface area contributed by atoms with E-state index >= 15 is 0 Å². The summed E-state index contributed by atoms with van der Waals surface area (Å²) < 4.78 is 0. The summed E-state index contributed by atoms with van der Waals surface area (Å²) in [5, 5.41) is 5.53. The molecular formula is C22H22N4O2. The van der Waals surface area contributed by atoms with Crippen molar-refractivity contribution in [2.75, 3.05) is 22.6 Å². The molecule has 0 aliphatic rings. The number of amides is 2. The number of aromatic nitrogens is 1. The quantitative estimate of drug-likeness (QED) is 0.686. The molecular weight excluding hydrogens is 352 g/mol. The number of nitrogens with zero attached hydrogens (tertiary/aromatic N) is 2. The second-order valence-electron chi connectivity index (χ2n) is 6.49. The number of nitrogens with one attached hydrogen (secondary N) is 2. The molecule has 0 radical (unpaired) electrons. The van der Waals surface area contributed by atoms with Gasteiger partial charge >= 0.3 is 0 Å². The first-order chi connectivity index (χ1) is 13.5. The van der Waals surface area contributed by atoms with Crippen molar-refractivity contribution in [3.05, 3.63) is 84.2 Å². The summed E-state index contributed by atoms with van der Waals surface area (Å²) in [5.41, 5.74) is 3.83. The molecule has 0 bridgehead atoms. The van der Waals surface area contributed by atoms with Gasteiger partial charge in [-0.25, -0.2) is 0 Å². The van der Waals surface area contributed by atoms with Crippen molar-refractivity contribution in [1.29, 1.82) is 0 Å². The van der Waals surface area contributed by atoms with Gasteiger partial charge in [0.1, 0.15) is 0 Å². The molecule has 1 aromatic heterocycles. The summed E-state index contributed by atoms with van der Waals surface area (Å²) in [4.78, 5) is 29.9. The van der Waals surface area contributed by atoms with Crippen LogP contribution in [0.3, 0.4) is 0 Å². The van der Waals surface area contributed by atoms with Crippen molar-refractivity contribution < 1.29 is 9.59 Å². The van der Waals surface area contributed by atoms with Gasteiger partial charge in [0.2, 0.25) is 5.91 Å². The number of anilines is 3. The average Bonchev–Trinajstić information content (AvgIpc) is 2.70. The highest BCUT2D eigenvalue weighted by molar-refractivity contribution is 6.04. The average molecular weight is 374 g/mol. The zero-order chi connectivity index (χ0) is 19.9. The molecule has 0 unspecified atom stereocenters. The number of hydrogen-bond acceptors (Lipinski definition) is 4. The Bertz CT molecular complexity index is 956. The molecule has 6 nitrogen and oxygen atoms in total. The lowest BCUT2D eigenvalue weighted by Crippen LogP contribution is -2.18. The highest BCUT2D eigenvalue weighted by Crippen LogP contribution is 2.18. The minimum atomic E-state index is -0.241. The molecule has 2 amide bonds. The molecule has 0 atom stereocenters. The summed E-state index contributed by atoms with van der Waals surface area (Å²) in [6.45, 7) is 2.17. The minimum absolute atomic E-state index is 0.140. The summed E-state index contributed by atoms with van der Waals surface area (Å²) in [6, 6.07) is 18.9. The van der Waals surface area contributed by atoms with E-state index in [1.54, 1.807) is 36.7 Å². The van der Waals surface area contributed by atoms with E-state index in [1.807, 2.05) is 36.2 Å². The summed E-state index contributed by atoms with van der Waals surface area (Å²) in [5.74, 6) is -0.381. The van der Waals surface area contributed by atoms with Crippen LogP contribution >= 0.6 is 0 Å². The van der Waals surface area contributed by atoms with Crippen molar-refractivity contribution in [3.8, 4) is 0 Å². The molecule has 0 aliphatic carbocycles. The molecule has 3 aromatic rings. The van der Waals surface area contributed by atoms with E-state index in [2.05, 4.69) is 27.8 Å². The predicted octanol–water partition coefficient (Wildman–Crippen LogP) is 3.93. The molecule has 0 saturated heterocycles. The maximum absolute atomic E-state index is 12.6. The number of carbonyl (C=O) groups is 2. The molecule has 0 fully saturated rings. The van der Waals surface area contributed by atoms with Gasteiger partial charge in [0.15, 0.2) is 0 Å². The number of hydrogen-bond donors (Lipinski definition) is 2. The van der Waals surface area contributed by atoms with E-state index in [-0.39, 0.29) is 11.8 Å².